The summed E-state index contributed by atoms with van der Waals surface area (Å²) in [7, 11) is 2.14. The summed E-state index contributed by atoms with van der Waals surface area (Å²) in [6, 6.07) is 10.5. The van der Waals surface area contributed by atoms with Crippen LogP contribution in [0, 0.1) is 0 Å². The van der Waals surface area contributed by atoms with Crippen molar-refractivity contribution in [3.05, 3.63) is 35.9 Å². The second-order valence-electron chi connectivity index (χ2n) is 4.93. The number of nitrogens with zero attached hydrogens (tertiary/aromatic N) is 1. The third-order valence-corrected chi connectivity index (χ3v) is 2.55. The van der Waals surface area contributed by atoms with Crippen LogP contribution < -0.4 is 0 Å². The molecule has 0 radical (unpaired) electrons. The van der Waals surface area contributed by atoms with Crippen LogP contribution in [-0.4, -0.2) is 25.0 Å². The Balaban J connectivity index is -0.000000107. The Hall–Kier alpha value is -0.820. The van der Waals surface area contributed by atoms with Gasteiger partial charge in [-0.15, -0.1) is 0 Å². The van der Waals surface area contributed by atoms with E-state index >= 15 is 0 Å². The standard InChI is InChI=1S/C9H12.C4H9N.C3H8.2C2H6.CH4/c1-8(2)9-6-4-3-5-7-9;1-5-3-2-4-5;1-3-2;2*1-2;/h3-8H,1-2H3;2-4H2,1H3;3H2,1-2H3;2*1-2H3;1H4. The first kappa shape index (κ1) is 29.2. The minimum absolute atomic E-state index is 0. The molecule has 1 aliphatic rings. The fourth-order valence-electron chi connectivity index (χ4n) is 1.31. The molecule has 0 aromatic heterocycles. The summed E-state index contributed by atoms with van der Waals surface area (Å²) in [5.41, 5.74) is 1.41. The molecular weight excluding hydrogens is 266 g/mol. The molecule has 0 unspecified atom stereocenters. The third kappa shape index (κ3) is 21.5. The average molecular weight is 312 g/mol. The molecule has 1 fully saturated rings. The van der Waals surface area contributed by atoms with E-state index in [0.717, 1.165) is 0 Å². The molecule has 22 heavy (non-hydrogen) atoms. The molecule has 0 amide bonds. The van der Waals surface area contributed by atoms with E-state index in [2.05, 4.69) is 63.9 Å². The lowest BCUT2D eigenvalue weighted by Crippen LogP contribution is -2.32. The number of benzene rings is 1. The molecule has 1 aliphatic heterocycles. The fourth-order valence-corrected chi connectivity index (χ4v) is 1.31. The maximum Gasteiger partial charge on any atom is -0.000959 e. The van der Waals surface area contributed by atoms with Crippen LogP contribution in [0.15, 0.2) is 30.3 Å². The van der Waals surface area contributed by atoms with Gasteiger partial charge in [-0.2, -0.15) is 0 Å². The summed E-state index contributed by atoms with van der Waals surface area (Å²) in [6.45, 7) is 19.3. The molecule has 0 aliphatic carbocycles. The van der Waals surface area contributed by atoms with Gasteiger partial charge in [0.25, 0.3) is 0 Å². The molecule has 134 valence electrons. The molecule has 1 aromatic rings. The third-order valence-electron chi connectivity index (χ3n) is 2.55. The average Bonchev–Trinajstić information content (AvgIpc) is 2.51. The molecule has 1 heteroatoms. The topological polar surface area (TPSA) is 3.24 Å². The monoisotopic (exact) mass is 311 g/mol. The Kier molecular flexibility index (Phi) is 33.4. The van der Waals surface area contributed by atoms with Gasteiger partial charge in [-0.3, -0.25) is 0 Å². The number of hydrogen-bond acceptors (Lipinski definition) is 1. The van der Waals surface area contributed by atoms with Gasteiger partial charge in [0.05, 0.1) is 0 Å². The fraction of sp³-hybridized carbons (Fsp3) is 0.714. The lowest BCUT2D eigenvalue weighted by atomic mass is 10.0. The van der Waals surface area contributed by atoms with Crippen molar-refractivity contribution in [3.8, 4) is 0 Å². The van der Waals surface area contributed by atoms with Crippen LogP contribution in [0.2, 0.25) is 0 Å². The van der Waals surface area contributed by atoms with Gasteiger partial charge < -0.3 is 4.90 Å². The summed E-state index contributed by atoms with van der Waals surface area (Å²) in [5, 5.41) is 0. The van der Waals surface area contributed by atoms with E-state index in [1.165, 1.54) is 31.5 Å². The van der Waals surface area contributed by atoms with Gasteiger partial charge in [0.15, 0.2) is 0 Å². The predicted octanol–water partition coefficient (Wildman–Crippen LogP) is 7.24. The number of likely N-dealkylation sites (tertiary alicyclic amines) is 1. The first-order valence-electron chi connectivity index (χ1n) is 8.85. The van der Waals surface area contributed by atoms with Crippen LogP contribution in [0.4, 0.5) is 0 Å². The van der Waals surface area contributed by atoms with Crippen LogP contribution in [0.5, 0.6) is 0 Å². The zero-order valence-electron chi connectivity index (χ0n) is 16.2. The summed E-state index contributed by atoms with van der Waals surface area (Å²) in [4.78, 5) is 2.31. The lowest BCUT2D eigenvalue weighted by Gasteiger charge is -2.24. The highest BCUT2D eigenvalue weighted by atomic mass is 15.1. The Morgan fingerprint density at radius 1 is 0.909 bits per heavy atom. The van der Waals surface area contributed by atoms with Crippen molar-refractivity contribution in [3.63, 3.8) is 0 Å². The van der Waals surface area contributed by atoms with Gasteiger partial charge in [-0.25, -0.2) is 0 Å². The maximum absolute atomic E-state index is 2.31. The highest BCUT2D eigenvalue weighted by Gasteiger charge is 2.04. The maximum atomic E-state index is 2.31. The SMILES string of the molecule is C.CC.CC.CC(C)c1ccccc1.CCC.CN1CCC1. The van der Waals surface area contributed by atoms with E-state index in [-0.39, 0.29) is 7.43 Å². The minimum atomic E-state index is 0. The van der Waals surface area contributed by atoms with Crippen molar-refractivity contribution in [2.24, 2.45) is 0 Å². The van der Waals surface area contributed by atoms with E-state index in [0.29, 0.717) is 5.92 Å². The smallest absolute Gasteiger partial charge is 0.000959 e. The molecule has 1 aromatic carbocycles. The van der Waals surface area contributed by atoms with Crippen LogP contribution in [0.1, 0.15) is 87.1 Å². The Labute approximate surface area is 143 Å². The summed E-state index contributed by atoms with van der Waals surface area (Å²) in [5.74, 6) is 0.659. The van der Waals surface area contributed by atoms with E-state index in [1.807, 2.05) is 33.8 Å². The molecule has 0 spiro atoms. The van der Waals surface area contributed by atoms with E-state index in [1.54, 1.807) is 0 Å². The largest absolute Gasteiger partial charge is 0.306 e. The summed E-state index contributed by atoms with van der Waals surface area (Å²) < 4.78 is 0. The quantitative estimate of drug-likeness (QED) is 0.528. The Morgan fingerprint density at radius 3 is 1.36 bits per heavy atom. The van der Waals surface area contributed by atoms with Gasteiger partial charge in [0, 0.05) is 0 Å². The van der Waals surface area contributed by atoms with Gasteiger partial charge in [-0.1, -0.05) is 99.6 Å². The second kappa shape index (κ2) is 25.2. The highest BCUT2D eigenvalue weighted by Crippen LogP contribution is 2.11. The van der Waals surface area contributed by atoms with E-state index in [9.17, 15) is 0 Å². The van der Waals surface area contributed by atoms with Crippen LogP contribution in [0.25, 0.3) is 0 Å². The van der Waals surface area contributed by atoms with Gasteiger partial charge in [0.1, 0.15) is 0 Å². The molecule has 0 N–H and O–H groups in total. The summed E-state index contributed by atoms with van der Waals surface area (Å²) in [6.07, 6.45) is 2.66. The van der Waals surface area contributed by atoms with Crippen molar-refractivity contribution in [1.82, 2.24) is 4.90 Å². The minimum Gasteiger partial charge on any atom is -0.306 e. The van der Waals surface area contributed by atoms with E-state index < -0.39 is 0 Å². The molecule has 0 bridgehead atoms. The molecule has 1 saturated heterocycles. The second-order valence-corrected chi connectivity index (χ2v) is 4.93. The van der Waals surface area contributed by atoms with Crippen molar-refractivity contribution in [2.45, 2.75) is 81.6 Å². The Morgan fingerprint density at radius 2 is 1.23 bits per heavy atom. The number of rotatable bonds is 1. The van der Waals surface area contributed by atoms with Gasteiger partial charge in [0.2, 0.25) is 0 Å². The van der Waals surface area contributed by atoms with E-state index in [4.69, 9.17) is 0 Å². The Bertz CT molecular complexity index is 250. The molecule has 1 nitrogen and oxygen atoms in total. The van der Waals surface area contributed by atoms with Crippen LogP contribution >= 0.6 is 0 Å². The van der Waals surface area contributed by atoms with Crippen molar-refractivity contribution < 1.29 is 0 Å². The first-order valence-corrected chi connectivity index (χ1v) is 8.85. The van der Waals surface area contributed by atoms with Crippen LogP contribution in [-0.2, 0) is 0 Å². The number of hydrogen-bond donors (Lipinski definition) is 0. The zero-order chi connectivity index (χ0) is 17.1. The molecule has 0 saturated carbocycles. The molecule has 1 heterocycles. The predicted molar refractivity (Wildman–Crippen MR) is 108 cm³/mol. The highest BCUT2D eigenvalue weighted by molar-refractivity contribution is 5.17. The van der Waals surface area contributed by atoms with Gasteiger partial charge in [-0.05, 0) is 38.0 Å². The first-order chi connectivity index (χ1) is 10.1. The molecule has 0 atom stereocenters. The van der Waals surface area contributed by atoms with Crippen molar-refractivity contribution >= 4 is 0 Å². The normalized spacial score (nSPS) is 11.4. The van der Waals surface area contributed by atoms with Crippen LogP contribution in [0.3, 0.4) is 0 Å². The molecule has 2 rings (SSSR count). The van der Waals surface area contributed by atoms with Gasteiger partial charge >= 0.3 is 0 Å². The van der Waals surface area contributed by atoms with Crippen molar-refractivity contribution in [2.75, 3.05) is 20.1 Å². The lowest BCUT2D eigenvalue weighted by molar-refractivity contribution is 0.229. The van der Waals surface area contributed by atoms with Crippen molar-refractivity contribution in [1.29, 1.82) is 0 Å². The summed E-state index contributed by atoms with van der Waals surface area (Å²) >= 11 is 0. The zero-order valence-corrected chi connectivity index (χ0v) is 16.2. The molecular formula is C21H45N.